The molecule has 1 aliphatic heterocycles. The largest absolute Gasteiger partial charge is 0.337 e. The molecule has 1 N–H and O–H groups in total. The van der Waals surface area contributed by atoms with Crippen molar-refractivity contribution in [1.82, 2.24) is 10.3 Å². The Balaban J connectivity index is 2.03. The van der Waals surface area contributed by atoms with Crippen LogP contribution < -0.4 is 10.2 Å². The number of urea groups is 1. The number of carbonyl (C=O) groups is 3. The van der Waals surface area contributed by atoms with Crippen LogP contribution in [0.15, 0.2) is 0 Å². The number of aryl methyl sites for hydroxylation is 2. The summed E-state index contributed by atoms with van der Waals surface area (Å²) in [5, 5.41) is 2.57. The molecule has 94 valence electrons. The number of barbiturate groups is 1. The molecule has 1 aliphatic carbocycles. The van der Waals surface area contributed by atoms with Gasteiger partial charge in [-0.05, 0) is 26.7 Å². The average Bonchev–Trinajstić information content (AvgIpc) is 3.02. The van der Waals surface area contributed by atoms with E-state index in [4.69, 9.17) is 0 Å². The number of rotatable bonds is 1. The summed E-state index contributed by atoms with van der Waals surface area (Å²) in [6.07, 6.45) is 1.01. The van der Waals surface area contributed by atoms with Gasteiger partial charge in [-0.15, -0.1) is 11.3 Å². The van der Waals surface area contributed by atoms with Crippen LogP contribution in [0, 0.1) is 19.3 Å². The van der Waals surface area contributed by atoms with E-state index in [1.54, 1.807) is 0 Å². The molecular formula is C11H11N3O3S. The van der Waals surface area contributed by atoms with Crippen LogP contribution in [-0.2, 0) is 9.59 Å². The minimum Gasteiger partial charge on any atom is -0.276 e. The van der Waals surface area contributed by atoms with Crippen molar-refractivity contribution in [2.75, 3.05) is 4.90 Å². The summed E-state index contributed by atoms with van der Waals surface area (Å²) >= 11 is 1.28. The number of anilines is 1. The molecule has 1 aromatic rings. The molecule has 1 saturated heterocycles. The van der Waals surface area contributed by atoms with Crippen molar-refractivity contribution in [3.63, 3.8) is 0 Å². The first-order valence-corrected chi connectivity index (χ1v) is 6.41. The van der Waals surface area contributed by atoms with Gasteiger partial charge in [-0.1, -0.05) is 0 Å². The fourth-order valence-corrected chi connectivity index (χ4v) is 2.87. The van der Waals surface area contributed by atoms with E-state index in [0.29, 0.717) is 18.0 Å². The van der Waals surface area contributed by atoms with Gasteiger partial charge in [0.05, 0.1) is 5.69 Å². The normalized spacial score (nSPS) is 21.4. The Morgan fingerprint density at radius 3 is 2.44 bits per heavy atom. The zero-order valence-corrected chi connectivity index (χ0v) is 10.8. The van der Waals surface area contributed by atoms with Gasteiger partial charge in [0.25, 0.3) is 5.91 Å². The van der Waals surface area contributed by atoms with Gasteiger partial charge in [0.1, 0.15) is 5.41 Å². The van der Waals surface area contributed by atoms with Crippen LogP contribution in [0.3, 0.4) is 0 Å². The van der Waals surface area contributed by atoms with E-state index in [2.05, 4.69) is 10.3 Å². The van der Waals surface area contributed by atoms with Crippen molar-refractivity contribution in [2.24, 2.45) is 5.41 Å². The summed E-state index contributed by atoms with van der Waals surface area (Å²) in [4.78, 5) is 41.9. The molecular weight excluding hydrogens is 254 g/mol. The van der Waals surface area contributed by atoms with Gasteiger partial charge in [-0.2, -0.15) is 0 Å². The highest BCUT2D eigenvalue weighted by molar-refractivity contribution is 7.16. The molecule has 0 atom stereocenters. The van der Waals surface area contributed by atoms with Crippen LogP contribution in [0.4, 0.5) is 9.93 Å². The Morgan fingerprint density at radius 1 is 1.28 bits per heavy atom. The van der Waals surface area contributed by atoms with Gasteiger partial charge in [-0.25, -0.2) is 14.7 Å². The lowest BCUT2D eigenvalue weighted by Crippen LogP contribution is -2.59. The van der Waals surface area contributed by atoms with E-state index in [9.17, 15) is 14.4 Å². The number of nitrogens with zero attached hydrogens (tertiary/aromatic N) is 2. The highest BCUT2D eigenvalue weighted by atomic mass is 32.1. The lowest BCUT2D eigenvalue weighted by Gasteiger charge is -2.28. The van der Waals surface area contributed by atoms with Crippen molar-refractivity contribution in [2.45, 2.75) is 26.7 Å². The van der Waals surface area contributed by atoms with E-state index in [1.807, 2.05) is 13.8 Å². The molecule has 3 rings (SSSR count). The van der Waals surface area contributed by atoms with Crippen LogP contribution >= 0.6 is 11.3 Å². The summed E-state index contributed by atoms with van der Waals surface area (Å²) in [5.74, 6) is -0.913. The summed E-state index contributed by atoms with van der Waals surface area (Å²) in [7, 11) is 0. The SMILES string of the molecule is Cc1nc(N2C(=O)NC(=O)C3(CC3)C2=O)sc1C. The molecule has 0 radical (unpaired) electrons. The maximum atomic E-state index is 12.3. The first-order valence-electron chi connectivity index (χ1n) is 5.60. The summed E-state index contributed by atoms with van der Waals surface area (Å²) in [5.41, 5.74) is -0.223. The maximum absolute atomic E-state index is 12.3. The van der Waals surface area contributed by atoms with Crippen LogP contribution in [0.2, 0.25) is 0 Å². The predicted molar refractivity (Wildman–Crippen MR) is 64.3 cm³/mol. The standard InChI is InChI=1S/C11H11N3O3S/c1-5-6(2)18-10(12-5)14-8(16)11(3-4-11)7(15)13-9(14)17/h3-4H2,1-2H3,(H,13,15,17). The number of imide groups is 2. The van der Waals surface area contributed by atoms with E-state index in [0.717, 1.165) is 15.5 Å². The quantitative estimate of drug-likeness (QED) is 0.772. The van der Waals surface area contributed by atoms with E-state index < -0.39 is 23.3 Å². The van der Waals surface area contributed by atoms with Gasteiger partial charge in [0.15, 0.2) is 0 Å². The molecule has 4 amide bonds. The number of nitrogens with one attached hydrogen (secondary N) is 1. The zero-order valence-electron chi connectivity index (χ0n) is 9.94. The Morgan fingerprint density at radius 2 is 1.94 bits per heavy atom. The Bertz CT molecular complexity index is 569. The lowest BCUT2D eigenvalue weighted by molar-refractivity contribution is -0.136. The number of aromatic nitrogens is 1. The van der Waals surface area contributed by atoms with Crippen molar-refractivity contribution in [1.29, 1.82) is 0 Å². The Hall–Kier alpha value is -1.76. The van der Waals surface area contributed by atoms with Crippen molar-refractivity contribution < 1.29 is 14.4 Å². The van der Waals surface area contributed by atoms with Crippen molar-refractivity contribution in [3.05, 3.63) is 10.6 Å². The number of hydrogen-bond acceptors (Lipinski definition) is 5. The fraction of sp³-hybridized carbons (Fsp3) is 0.455. The Labute approximate surface area is 107 Å². The third-order valence-corrected chi connectivity index (χ3v) is 4.49. The van der Waals surface area contributed by atoms with Crippen LogP contribution in [0.1, 0.15) is 23.4 Å². The lowest BCUT2D eigenvalue weighted by atomic mass is 10.0. The van der Waals surface area contributed by atoms with Gasteiger partial charge >= 0.3 is 6.03 Å². The maximum Gasteiger partial charge on any atom is 0.337 e. The fourth-order valence-electron chi connectivity index (χ4n) is 1.97. The highest BCUT2D eigenvalue weighted by Gasteiger charge is 2.62. The van der Waals surface area contributed by atoms with Crippen LogP contribution in [0.5, 0.6) is 0 Å². The molecule has 2 aliphatic rings. The number of carbonyl (C=O) groups excluding carboxylic acids is 3. The van der Waals surface area contributed by atoms with Crippen molar-refractivity contribution in [3.8, 4) is 0 Å². The minimum absolute atomic E-state index is 0.339. The second-order valence-electron chi connectivity index (χ2n) is 4.62. The van der Waals surface area contributed by atoms with Gasteiger partial charge in [0, 0.05) is 4.88 Å². The van der Waals surface area contributed by atoms with E-state index in [1.165, 1.54) is 11.3 Å². The molecule has 1 saturated carbocycles. The predicted octanol–water partition coefficient (Wildman–Crippen LogP) is 1.12. The third kappa shape index (κ3) is 1.34. The van der Waals surface area contributed by atoms with Crippen LogP contribution in [0.25, 0.3) is 0 Å². The second-order valence-corrected chi connectivity index (χ2v) is 5.80. The summed E-state index contributed by atoms with van der Waals surface area (Å²) in [6.45, 7) is 3.70. The topological polar surface area (TPSA) is 79.4 Å². The molecule has 6 nitrogen and oxygen atoms in total. The number of amides is 4. The first kappa shape index (κ1) is 11.3. The third-order valence-electron chi connectivity index (χ3n) is 3.43. The number of hydrogen-bond donors (Lipinski definition) is 1. The van der Waals surface area contributed by atoms with Gasteiger partial charge in [-0.3, -0.25) is 14.9 Å². The minimum atomic E-state index is -1.01. The molecule has 0 unspecified atom stereocenters. The average molecular weight is 265 g/mol. The molecule has 2 heterocycles. The Kier molecular flexibility index (Phi) is 2.13. The summed E-state index contributed by atoms with van der Waals surface area (Å²) < 4.78 is 0. The smallest absolute Gasteiger partial charge is 0.276 e. The van der Waals surface area contributed by atoms with Gasteiger partial charge in [0.2, 0.25) is 11.0 Å². The summed E-state index contributed by atoms with van der Waals surface area (Å²) in [6, 6.07) is -0.698. The molecule has 1 spiro atoms. The highest BCUT2D eigenvalue weighted by Crippen LogP contribution is 2.50. The van der Waals surface area contributed by atoms with Crippen molar-refractivity contribution >= 4 is 34.3 Å². The first-order chi connectivity index (χ1) is 8.45. The molecule has 0 bridgehead atoms. The molecule has 1 aromatic heterocycles. The molecule has 2 fully saturated rings. The second kappa shape index (κ2) is 3.38. The molecule has 0 aromatic carbocycles. The molecule has 18 heavy (non-hydrogen) atoms. The molecule has 7 heteroatoms. The van der Waals surface area contributed by atoms with Crippen LogP contribution in [-0.4, -0.2) is 22.8 Å². The van der Waals surface area contributed by atoms with E-state index in [-0.39, 0.29) is 0 Å². The zero-order chi connectivity index (χ0) is 13.1. The van der Waals surface area contributed by atoms with E-state index >= 15 is 0 Å². The monoisotopic (exact) mass is 265 g/mol. The number of thiazole rings is 1. The van der Waals surface area contributed by atoms with Gasteiger partial charge < -0.3 is 0 Å².